The number of nitrogens with one attached hydrogen (secondary N) is 2. The Labute approximate surface area is 137 Å². The summed E-state index contributed by atoms with van der Waals surface area (Å²) in [5, 5.41) is 0.749. The predicted octanol–water partition coefficient (Wildman–Crippen LogP) is 3.04. The van der Waals surface area contributed by atoms with E-state index in [-0.39, 0.29) is 18.0 Å². The topological polar surface area (TPSA) is 44.4 Å². The van der Waals surface area contributed by atoms with Crippen molar-refractivity contribution in [2.75, 3.05) is 6.54 Å². The summed E-state index contributed by atoms with van der Waals surface area (Å²) in [6.07, 6.45) is 5.28. The first-order valence-corrected chi connectivity index (χ1v) is 8.64. The molecule has 3 unspecified atom stereocenters. The summed E-state index contributed by atoms with van der Waals surface area (Å²) in [6, 6.07) is 8.16. The van der Waals surface area contributed by atoms with Gasteiger partial charge in [0, 0.05) is 23.7 Å². The number of rotatable bonds is 3. The van der Waals surface area contributed by atoms with E-state index in [1.165, 1.54) is 6.42 Å². The lowest BCUT2D eigenvalue weighted by Crippen LogP contribution is -2.51. The van der Waals surface area contributed by atoms with Gasteiger partial charge in [-0.2, -0.15) is 0 Å². The van der Waals surface area contributed by atoms with Gasteiger partial charge < -0.3 is 4.90 Å². The van der Waals surface area contributed by atoms with E-state index >= 15 is 0 Å². The highest BCUT2D eigenvalue weighted by Crippen LogP contribution is 2.30. The van der Waals surface area contributed by atoms with Crippen LogP contribution < -0.4 is 10.9 Å². The van der Waals surface area contributed by atoms with Gasteiger partial charge in [0.15, 0.2) is 0 Å². The number of amides is 1. The van der Waals surface area contributed by atoms with Crippen molar-refractivity contribution in [1.29, 1.82) is 0 Å². The fourth-order valence-corrected chi connectivity index (χ4v) is 3.86. The maximum Gasteiger partial charge on any atom is 0.241 e. The van der Waals surface area contributed by atoms with Crippen molar-refractivity contribution in [3.05, 3.63) is 34.9 Å². The molecule has 5 heteroatoms. The summed E-state index contributed by atoms with van der Waals surface area (Å²) in [7, 11) is 0. The zero-order chi connectivity index (χ0) is 15.5. The second-order valence-electron chi connectivity index (χ2n) is 6.24. The highest BCUT2D eigenvalue weighted by atomic mass is 35.5. The molecule has 0 saturated carbocycles. The zero-order valence-electron chi connectivity index (χ0n) is 13.0. The molecular weight excluding hydrogens is 298 g/mol. The lowest BCUT2D eigenvalue weighted by molar-refractivity contribution is -0.137. The predicted molar refractivity (Wildman–Crippen MR) is 88.5 cm³/mol. The molecule has 0 bridgehead atoms. The molecule has 22 heavy (non-hydrogen) atoms. The Kier molecular flexibility index (Phi) is 5.01. The van der Waals surface area contributed by atoms with Crippen LogP contribution in [-0.2, 0) is 4.79 Å². The van der Waals surface area contributed by atoms with Crippen LogP contribution in [0.4, 0.5) is 0 Å². The molecule has 2 heterocycles. The maximum absolute atomic E-state index is 12.8. The molecule has 2 saturated heterocycles. The maximum atomic E-state index is 12.8. The van der Waals surface area contributed by atoms with Crippen LogP contribution in [0.25, 0.3) is 0 Å². The van der Waals surface area contributed by atoms with Crippen molar-refractivity contribution >= 4 is 17.5 Å². The number of piperidine rings is 1. The number of halogens is 1. The van der Waals surface area contributed by atoms with Gasteiger partial charge >= 0.3 is 0 Å². The quantitative estimate of drug-likeness (QED) is 0.899. The highest BCUT2D eigenvalue weighted by molar-refractivity contribution is 6.31. The van der Waals surface area contributed by atoms with Crippen molar-refractivity contribution in [3.8, 4) is 0 Å². The molecule has 3 rings (SSSR count). The minimum Gasteiger partial charge on any atom is -0.338 e. The van der Waals surface area contributed by atoms with Crippen molar-refractivity contribution in [3.63, 3.8) is 0 Å². The normalized spacial score (nSPS) is 28.8. The Morgan fingerprint density at radius 2 is 2.14 bits per heavy atom. The second-order valence-corrected chi connectivity index (χ2v) is 6.65. The lowest BCUT2D eigenvalue weighted by Gasteiger charge is -2.36. The van der Waals surface area contributed by atoms with E-state index in [0.29, 0.717) is 6.04 Å². The number of likely N-dealkylation sites (tertiary alicyclic amines) is 1. The number of hydrazine groups is 1. The van der Waals surface area contributed by atoms with Gasteiger partial charge in [-0.1, -0.05) is 36.7 Å². The average molecular weight is 322 g/mol. The largest absolute Gasteiger partial charge is 0.338 e. The fourth-order valence-electron chi connectivity index (χ4n) is 3.60. The number of carbonyl (C=O) groups excluding carboxylic acids is 1. The molecule has 1 aromatic rings. The molecule has 0 aliphatic carbocycles. The van der Waals surface area contributed by atoms with E-state index in [2.05, 4.69) is 22.7 Å². The Balaban J connectivity index is 1.67. The lowest BCUT2D eigenvalue weighted by atomic mass is 9.97. The first-order chi connectivity index (χ1) is 10.7. The molecule has 2 aliphatic rings. The number of benzene rings is 1. The summed E-state index contributed by atoms with van der Waals surface area (Å²) in [4.78, 5) is 14.9. The molecule has 120 valence electrons. The van der Waals surface area contributed by atoms with Crippen molar-refractivity contribution in [1.82, 2.24) is 15.8 Å². The van der Waals surface area contributed by atoms with Crippen molar-refractivity contribution in [2.24, 2.45) is 0 Å². The first kappa shape index (κ1) is 15.8. The minimum absolute atomic E-state index is 0.0903. The fraction of sp³-hybridized carbons (Fsp3) is 0.588. The average Bonchev–Trinajstić information content (AvgIpc) is 3.04. The summed E-state index contributed by atoms with van der Waals surface area (Å²) in [6.45, 7) is 3.06. The minimum atomic E-state index is -0.159. The van der Waals surface area contributed by atoms with Gasteiger partial charge in [-0.05, 0) is 43.7 Å². The van der Waals surface area contributed by atoms with Gasteiger partial charge in [0.05, 0.1) is 0 Å². The molecule has 2 fully saturated rings. The zero-order valence-corrected chi connectivity index (χ0v) is 13.8. The molecule has 4 nitrogen and oxygen atoms in total. The van der Waals surface area contributed by atoms with Gasteiger partial charge in [-0.25, -0.2) is 10.9 Å². The summed E-state index contributed by atoms with van der Waals surface area (Å²) in [5.41, 5.74) is 7.46. The number of carbonyl (C=O) groups is 1. The van der Waals surface area contributed by atoms with Gasteiger partial charge in [0.1, 0.15) is 6.04 Å². The Morgan fingerprint density at radius 3 is 2.91 bits per heavy atom. The Morgan fingerprint density at radius 1 is 1.32 bits per heavy atom. The molecule has 0 spiro atoms. The van der Waals surface area contributed by atoms with E-state index < -0.39 is 0 Å². The monoisotopic (exact) mass is 321 g/mol. The smallest absolute Gasteiger partial charge is 0.241 e. The Hall–Kier alpha value is -1.10. The van der Waals surface area contributed by atoms with Crippen LogP contribution in [0.15, 0.2) is 24.3 Å². The van der Waals surface area contributed by atoms with Gasteiger partial charge in [0.2, 0.25) is 5.91 Å². The molecule has 2 N–H and O–H groups in total. The molecule has 0 radical (unpaired) electrons. The first-order valence-electron chi connectivity index (χ1n) is 8.26. The summed E-state index contributed by atoms with van der Waals surface area (Å²) in [5.74, 6) is 0.230. The highest BCUT2D eigenvalue weighted by Gasteiger charge is 2.36. The molecule has 2 aliphatic heterocycles. The van der Waals surface area contributed by atoms with E-state index in [0.717, 1.165) is 42.8 Å². The van der Waals surface area contributed by atoms with Crippen molar-refractivity contribution in [2.45, 2.75) is 57.2 Å². The third-order valence-corrected chi connectivity index (χ3v) is 5.21. The van der Waals surface area contributed by atoms with Crippen LogP contribution in [0, 0.1) is 0 Å². The van der Waals surface area contributed by atoms with Gasteiger partial charge in [-0.3, -0.25) is 4.79 Å². The molecule has 1 aromatic carbocycles. The van der Waals surface area contributed by atoms with Crippen LogP contribution in [0.3, 0.4) is 0 Å². The third-order valence-electron chi connectivity index (χ3n) is 4.86. The third kappa shape index (κ3) is 3.14. The Bertz CT molecular complexity index is 536. The van der Waals surface area contributed by atoms with Crippen LogP contribution in [-0.4, -0.2) is 29.4 Å². The molecular formula is C17H24ClN3O. The van der Waals surface area contributed by atoms with Crippen LogP contribution in [0.1, 0.15) is 50.6 Å². The van der Waals surface area contributed by atoms with Gasteiger partial charge in [-0.15, -0.1) is 0 Å². The van der Waals surface area contributed by atoms with Crippen LogP contribution in [0.2, 0.25) is 5.02 Å². The van der Waals surface area contributed by atoms with Crippen LogP contribution in [0.5, 0.6) is 0 Å². The van der Waals surface area contributed by atoms with E-state index in [1.807, 2.05) is 24.3 Å². The molecule has 3 atom stereocenters. The standard InChI is InChI=1S/C17H24ClN3O/c1-2-12-7-5-6-10-21(12)17(22)16-11-15(19-20-16)13-8-3-4-9-14(13)18/h3-4,8-9,12,15-16,19-20H,2,5-7,10-11H2,1H3. The second kappa shape index (κ2) is 6.99. The summed E-state index contributed by atoms with van der Waals surface area (Å²) < 4.78 is 0. The summed E-state index contributed by atoms with van der Waals surface area (Å²) >= 11 is 6.26. The van der Waals surface area contributed by atoms with E-state index in [9.17, 15) is 4.79 Å². The van der Waals surface area contributed by atoms with E-state index in [4.69, 9.17) is 11.6 Å². The number of nitrogens with zero attached hydrogens (tertiary/aromatic N) is 1. The number of hydrogen-bond acceptors (Lipinski definition) is 3. The number of hydrogen-bond donors (Lipinski definition) is 2. The van der Waals surface area contributed by atoms with Crippen LogP contribution >= 0.6 is 11.6 Å². The SMILES string of the molecule is CCC1CCCCN1C(=O)C1CC(c2ccccc2Cl)NN1. The van der Waals surface area contributed by atoms with Gasteiger partial charge in [0.25, 0.3) is 0 Å². The molecule has 0 aromatic heterocycles. The van der Waals surface area contributed by atoms with E-state index in [1.54, 1.807) is 0 Å². The van der Waals surface area contributed by atoms with Crippen molar-refractivity contribution < 1.29 is 4.79 Å². The molecule has 1 amide bonds.